The van der Waals surface area contributed by atoms with Crippen LogP contribution in [0.2, 0.25) is 0 Å². The lowest BCUT2D eigenvalue weighted by atomic mass is 10.2. The molecule has 0 spiro atoms. The van der Waals surface area contributed by atoms with Crippen LogP contribution in [-0.2, 0) is 15.6 Å². The van der Waals surface area contributed by atoms with Crippen molar-refractivity contribution in [2.45, 2.75) is 24.5 Å². The summed E-state index contributed by atoms with van der Waals surface area (Å²) in [5, 5.41) is 0. The lowest BCUT2D eigenvalue weighted by Gasteiger charge is -2.07. The molecule has 0 aliphatic carbocycles. The summed E-state index contributed by atoms with van der Waals surface area (Å²) < 4.78 is 24.6. The normalized spacial score (nSPS) is 11.4. The van der Waals surface area contributed by atoms with Gasteiger partial charge in [-0.25, -0.2) is 8.42 Å². The van der Waals surface area contributed by atoms with Gasteiger partial charge in [-0.1, -0.05) is 48.0 Å². The van der Waals surface area contributed by atoms with Gasteiger partial charge in [0.05, 0.1) is 10.6 Å². The average Bonchev–Trinajstić information content (AvgIpc) is 2.32. The zero-order valence-electron chi connectivity index (χ0n) is 10.6. The molecule has 0 atom stereocenters. The van der Waals surface area contributed by atoms with Crippen LogP contribution >= 0.6 is 0 Å². The quantitative estimate of drug-likeness (QED) is 0.848. The molecule has 0 N–H and O–H groups in total. The predicted molar refractivity (Wildman–Crippen MR) is 73.2 cm³/mol. The first kappa shape index (κ1) is 12.8. The van der Waals surface area contributed by atoms with E-state index in [1.165, 1.54) is 0 Å². The van der Waals surface area contributed by atoms with Crippen LogP contribution in [0.4, 0.5) is 0 Å². The van der Waals surface area contributed by atoms with Crippen LogP contribution in [0.25, 0.3) is 0 Å². The molecule has 0 fully saturated rings. The maximum atomic E-state index is 12.3. The Morgan fingerprint density at radius 1 is 0.889 bits per heavy atom. The first-order valence-corrected chi connectivity index (χ1v) is 7.48. The molecule has 0 radical (unpaired) electrons. The van der Waals surface area contributed by atoms with Gasteiger partial charge < -0.3 is 0 Å². The van der Waals surface area contributed by atoms with E-state index in [2.05, 4.69) is 0 Å². The number of hydrogen-bond acceptors (Lipinski definition) is 2. The van der Waals surface area contributed by atoms with Crippen LogP contribution in [-0.4, -0.2) is 8.42 Å². The molecule has 2 aromatic carbocycles. The molecule has 94 valence electrons. The van der Waals surface area contributed by atoms with Crippen molar-refractivity contribution in [3.8, 4) is 0 Å². The summed E-state index contributed by atoms with van der Waals surface area (Å²) in [4.78, 5) is 0.422. The van der Waals surface area contributed by atoms with Gasteiger partial charge in [-0.3, -0.25) is 0 Å². The first-order valence-electron chi connectivity index (χ1n) is 5.83. The minimum atomic E-state index is -3.26. The van der Waals surface area contributed by atoms with E-state index in [1.54, 1.807) is 12.1 Å². The summed E-state index contributed by atoms with van der Waals surface area (Å²) in [5.74, 6) is 0.0537. The average molecular weight is 260 g/mol. The summed E-state index contributed by atoms with van der Waals surface area (Å²) in [6.45, 7) is 3.81. The van der Waals surface area contributed by atoms with E-state index in [9.17, 15) is 8.42 Å². The highest BCUT2D eigenvalue weighted by Gasteiger charge is 2.16. The van der Waals surface area contributed by atoms with E-state index in [0.717, 1.165) is 16.7 Å². The predicted octanol–water partition coefficient (Wildman–Crippen LogP) is 3.28. The van der Waals surface area contributed by atoms with Crippen LogP contribution in [0.5, 0.6) is 0 Å². The molecule has 0 saturated carbocycles. The number of hydrogen-bond donors (Lipinski definition) is 0. The first-order chi connectivity index (χ1) is 8.49. The maximum Gasteiger partial charge on any atom is 0.182 e. The van der Waals surface area contributed by atoms with Crippen LogP contribution in [0, 0.1) is 13.8 Å². The molecule has 0 aliphatic rings. The number of sulfone groups is 1. The number of rotatable bonds is 3. The Labute approximate surface area is 108 Å². The summed E-state index contributed by atoms with van der Waals surface area (Å²) in [6.07, 6.45) is 0. The molecule has 0 aliphatic heterocycles. The van der Waals surface area contributed by atoms with E-state index in [-0.39, 0.29) is 5.75 Å². The highest BCUT2D eigenvalue weighted by molar-refractivity contribution is 7.90. The summed E-state index contributed by atoms with van der Waals surface area (Å²) in [5.41, 5.74) is 2.75. The largest absolute Gasteiger partial charge is 0.223 e. The van der Waals surface area contributed by atoms with E-state index in [4.69, 9.17) is 0 Å². The second-order valence-corrected chi connectivity index (χ2v) is 6.47. The Hall–Kier alpha value is -1.61. The third-order valence-electron chi connectivity index (χ3n) is 2.91. The Bertz CT molecular complexity index is 640. The second kappa shape index (κ2) is 4.94. The molecular weight excluding hydrogens is 244 g/mol. The standard InChI is InChI=1S/C15H16O2S/c1-12-7-9-14(10-8-12)11-18(16,17)15-6-4-3-5-13(15)2/h3-10H,11H2,1-2H3. The highest BCUT2D eigenvalue weighted by Crippen LogP contribution is 2.19. The summed E-state index contributed by atoms with van der Waals surface area (Å²) >= 11 is 0. The van der Waals surface area contributed by atoms with Gasteiger partial charge in [0.1, 0.15) is 0 Å². The van der Waals surface area contributed by atoms with Gasteiger partial charge in [-0.2, -0.15) is 0 Å². The van der Waals surface area contributed by atoms with Gasteiger partial charge in [0.25, 0.3) is 0 Å². The molecule has 3 heteroatoms. The maximum absolute atomic E-state index is 12.3. The fraction of sp³-hybridized carbons (Fsp3) is 0.200. The zero-order valence-corrected chi connectivity index (χ0v) is 11.4. The van der Waals surface area contributed by atoms with E-state index >= 15 is 0 Å². The van der Waals surface area contributed by atoms with Crippen LogP contribution < -0.4 is 0 Å². The molecule has 18 heavy (non-hydrogen) atoms. The molecule has 2 rings (SSSR count). The van der Waals surface area contributed by atoms with Crippen molar-refractivity contribution < 1.29 is 8.42 Å². The SMILES string of the molecule is Cc1ccc(CS(=O)(=O)c2ccccc2C)cc1. The molecule has 0 aromatic heterocycles. The highest BCUT2D eigenvalue weighted by atomic mass is 32.2. The van der Waals surface area contributed by atoms with Crippen LogP contribution in [0.3, 0.4) is 0 Å². The molecule has 2 nitrogen and oxygen atoms in total. The minimum Gasteiger partial charge on any atom is -0.223 e. The van der Waals surface area contributed by atoms with Crippen molar-refractivity contribution in [2.75, 3.05) is 0 Å². The van der Waals surface area contributed by atoms with Gasteiger partial charge in [0, 0.05) is 0 Å². The second-order valence-electron chi connectivity index (χ2n) is 4.51. The van der Waals surface area contributed by atoms with Gasteiger partial charge >= 0.3 is 0 Å². The molecule has 0 unspecified atom stereocenters. The van der Waals surface area contributed by atoms with E-state index < -0.39 is 9.84 Å². The van der Waals surface area contributed by atoms with E-state index in [1.807, 2.05) is 50.2 Å². The Morgan fingerprint density at radius 3 is 2.11 bits per heavy atom. The van der Waals surface area contributed by atoms with Gasteiger partial charge in [-0.15, -0.1) is 0 Å². The Morgan fingerprint density at radius 2 is 1.50 bits per heavy atom. The summed E-state index contributed by atoms with van der Waals surface area (Å²) in [7, 11) is -3.26. The summed E-state index contributed by atoms with van der Waals surface area (Å²) in [6, 6.07) is 14.7. The topological polar surface area (TPSA) is 34.1 Å². The van der Waals surface area contributed by atoms with Crippen molar-refractivity contribution in [2.24, 2.45) is 0 Å². The van der Waals surface area contributed by atoms with Gasteiger partial charge in [0.2, 0.25) is 0 Å². The van der Waals surface area contributed by atoms with Gasteiger partial charge in [0.15, 0.2) is 9.84 Å². The Balaban J connectivity index is 2.33. The molecule has 2 aromatic rings. The monoisotopic (exact) mass is 260 g/mol. The van der Waals surface area contributed by atoms with Crippen molar-refractivity contribution in [3.05, 3.63) is 65.2 Å². The van der Waals surface area contributed by atoms with Crippen molar-refractivity contribution in [3.63, 3.8) is 0 Å². The smallest absolute Gasteiger partial charge is 0.182 e. The van der Waals surface area contributed by atoms with Crippen molar-refractivity contribution in [1.82, 2.24) is 0 Å². The molecular formula is C15H16O2S. The molecule has 0 bridgehead atoms. The lowest BCUT2D eigenvalue weighted by molar-refractivity contribution is 0.594. The molecule has 0 heterocycles. The van der Waals surface area contributed by atoms with Crippen molar-refractivity contribution >= 4 is 9.84 Å². The lowest BCUT2D eigenvalue weighted by Crippen LogP contribution is -2.06. The Kier molecular flexibility index (Phi) is 3.53. The third kappa shape index (κ3) is 2.79. The third-order valence-corrected chi connectivity index (χ3v) is 4.75. The molecule has 0 amide bonds. The fourth-order valence-electron chi connectivity index (χ4n) is 1.89. The zero-order chi connectivity index (χ0) is 13.2. The number of aryl methyl sites for hydroxylation is 2. The number of benzene rings is 2. The van der Waals surface area contributed by atoms with Gasteiger partial charge in [-0.05, 0) is 31.0 Å². The van der Waals surface area contributed by atoms with Crippen molar-refractivity contribution in [1.29, 1.82) is 0 Å². The fourth-order valence-corrected chi connectivity index (χ4v) is 3.52. The molecule has 0 saturated heterocycles. The van der Waals surface area contributed by atoms with E-state index in [0.29, 0.717) is 4.90 Å². The van der Waals surface area contributed by atoms with Crippen LogP contribution in [0.15, 0.2) is 53.4 Å². The minimum absolute atomic E-state index is 0.0537. The van der Waals surface area contributed by atoms with Crippen LogP contribution in [0.1, 0.15) is 16.7 Å².